The van der Waals surface area contributed by atoms with Crippen molar-refractivity contribution in [3.8, 4) is 0 Å². The van der Waals surface area contributed by atoms with Gasteiger partial charge in [0.2, 0.25) is 10.0 Å². The summed E-state index contributed by atoms with van der Waals surface area (Å²) in [6, 6.07) is 12.5. The molecule has 2 aromatic rings. The van der Waals surface area contributed by atoms with E-state index in [1.54, 1.807) is 34.9 Å². The molecule has 2 aromatic carbocycles. The molecule has 0 N–H and O–H groups in total. The maximum Gasteiger partial charge on any atom is 0.259 e. The Morgan fingerprint density at radius 2 is 2.00 bits per heavy atom. The van der Waals surface area contributed by atoms with Gasteiger partial charge < -0.3 is 4.90 Å². The first-order valence-corrected chi connectivity index (χ1v) is 11.0. The summed E-state index contributed by atoms with van der Waals surface area (Å²) in [4.78, 5) is 16.0. The first-order chi connectivity index (χ1) is 12.9. The number of nitrogens with zero attached hydrogens (tertiary/aromatic N) is 2. The van der Waals surface area contributed by atoms with Crippen LogP contribution in [0, 0.1) is 0 Å². The molecule has 0 radical (unpaired) electrons. The average molecular weight is 403 g/mol. The van der Waals surface area contributed by atoms with E-state index in [0.717, 1.165) is 21.9 Å². The molecule has 0 spiro atoms. The molecule has 0 bridgehead atoms. The fourth-order valence-electron chi connectivity index (χ4n) is 3.02. The van der Waals surface area contributed by atoms with E-state index in [9.17, 15) is 13.2 Å². The summed E-state index contributed by atoms with van der Waals surface area (Å²) in [6.07, 6.45) is 2.45. The van der Waals surface area contributed by atoms with Crippen LogP contribution in [0.5, 0.6) is 0 Å². The molecular formula is C20H22N2O3S2. The highest BCUT2D eigenvalue weighted by Crippen LogP contribution is 2.33. The SMILES string of the molecule is C=CCSc1ccccc1C(=O)N1CCc2cc(S(=O)(=O)N(C)C)ccc21. The Kier molecular flexibility index (Phi) is 5.74. The van der Waals surface area contributed by atoms with Crippen molar-refractivity contribution >= 4 is 33.4 Å². The number of fused-ring (bicyclic) bond motifs is 1. The Morgan fingerprint density at radius 3 is 2.70 bits per heavy atom. The molecule has 1 heterocycles. The van der Waals surface area contributed by atoms with E-state index in [0.29, 0.717) is 18.5 Å². The van der Waals surface area contributed by atoms with Gasteiger partial charge in [-0.05, 0) is 42.3 Å². The second-order valence-corrected chi connectivity index (χ2v) is 9.59. The van der Waals surface area contributed by atoms with Gasteiger partial charge in [0.15, 0.2) is 0 Å². The maximum absolute atomic E-state index is 13.1. The summed E-state index contributed by atoms with van der Waals surface area (Å²) in [5, 5.41) is 0. The van der Waals surface area contributed by atoms with Crippen LogP contribution in [0.2, 0.25) is 0 Å². The van der Waals surface area contributed by atoms with Crippen LogP contribution in [0.4, 0.5) is 5.69 Å². The third kappa shape index (κ3) is 3.81. The molecule has 0 saturated carbocycles. The first-order valence-electron chi connectivity index (χ1n) is 8.56. The zero-order valence-electron chi connectivity index (χ0n) is 15.4. The van der Waals surface area contributed by atoms with E-state index < -0.39 is 10.0 Å². The van der Waals surface area contributed by atoms with Gasteiger partial charge in [0, 0.05) is 37.0 Å². The van der Waals surface area contributed by atoms with Crippen molar-refractivity contribution in [3.05, 3.63) is 66.2 Å². The van der Waals surface area contributed by atoms with Crippen molar-refractivity contribution in [2.24, 2.45) is 0 Å². The Labute approximate surface area is 164 Å². The molecule has 0 aliphatic carbocycles. The molecular weight excluding hydrogens is 380 g/mol. The summed E-state index contributed by atoms with van der Waals surface area (Å²) < 4.78 is 25.9. The fourth-order valence-corrected chi connectivity index (χ4v) is 4.76. The zero-order chi connectivity index (χ0) is 19.6. The second kappa shape index (κ2) is 7.88. The van der Waals surface area contributed by atoms with Crippen molar-refractivity contribution in [1.82, 2.24) is 4.31 Å². The Bertz CT molecular complexity index is 984. The highest BCUT2D eigenvalue weighted by atomic mass is 32.2. The van der Waals surface area contributed by atoms with E-state index in [4.69, 9.17) is 0 Å². The third-order valence-electron chi connectivity index (χ3n) is 4.44. The van der Waals surface area contributed by atoms with Gasteiger partial charge in [-0.1, -0.05) is 18.2 Å². The van der Waals surface area contributed by atoms with Gasteiger partial charge in [0.1, 0.15) is 0 Å². The number of amides is 1. The maximum atomic E-state index is 13.1. The fraction of sp³-hybridized carbons (Fsp3) is 0.250. The highest BCUT2D eigenvalue weighted by Gasteiger charge is 2.29. The van der Waals surface area contributed by atoms with Gasteiger partial charge in [-0.25, -0.2) is 12.7 Å². The number of rotatable bonds is 6. The van der Waals surface area contributed by atoms with E-state index in [2.05, 4.69) is 6.58 Å². The number of thioether (sulfide) groups is 1. The van der Waals surface area contributed by atoms with Gasteiger partial charge in [0.25, 0.3) is 5.91 Å². The molecule has 0 aromatic heterocycles. The van der Waals surface area contributed by atoms with Crippen LogP contribution in [0.25, 0.3) is 0 Å². The van der Waals surface area contributed by atoms with Gasteiger partial charge in [-0.3, -0.25) is 4.79 Å². The number of sulfonamides is 1. The molecule has 0 atom stereocenters. The second-order valence-electron chi connectivity index (χ2n) is 6.38. The van der Waals surface area contributed by atoms with Crippen LogP contribution in [0.3, 0.4) is 0 Å². The molecule has 0 fully saturated rings. The van der Waals surface area contributed by atoms with Crippen LogP contribution in [0.1, 0.15) is 15.9 Å². The third-order valence-corrected chi connectivity index (χ3v) is 7.32. The minimum atomic E-state index is -3.49. The molecule has 5 nitrogen and oxygen atoms in total. The summed E-state index contributed by atoms with van der Waals surface area (Å²) >= 11 is 1.57. The van der Waals surface area contributed by atoms with Crippen LogP contribution < -0.4 is 4.90 Å². The van der Waals surface area contributed by atoms with E-state index in [-0.39, 0.29) is 10.8 Å². The van der Waals surface area contributed by atoms with Gasteiger partial charge in [0.05, 0.1) is 10.5 Å². The monoisotopic (exact) mass is 402 g/mol. The van der Waals surface area contributed by atoms with Gasteiger partial charge in [-0.15, -0.1) is 18.3 Å². The number of hydrogen-bond acceptors (Lipinski definition) is 4. The van der Waals surface area contributed by atoms with E-state index >= 15 is 0 Å². The summed E-state index contributed by atoms with van der Waals surface area (Å²) in [6.45, 7) is 4.27. The molecule has 1 aliphatic heterocycles. The first kappa shape index (κ1) is 19.7. The number of anilines is 1. The lowest BCUT2D eigenvalue weighted by molar-refractivity contribution is 0.0986. The lowest BCUT2D eigenvalue weighted by Gasteiger charge is -2.19. The highest BCUT2D eigenvalue weighted by molar-refractivity contribution is 7.99. The predicted molar refractivity (Wildman–Crippen MR) is 110 cm³/mol. The van der Waals surface area contributed by atoms with Crippen molar-refractivity contribution in [3.63, 3.8) is 0 Å². The average Bonchev–Trinajstić information content (AvgIpc) is 3.09. The molecule has 1 aliphatic rings. The zero-order valence-corrected chi connectivity index (χ0v) is 17.0. The number of carbonyl (C=O) groups is 1. The minimum absolute atomic E-state index is 0.0656. The van der Waals surface area contributed by atoms with Crippen LogP contribution >= 0.6 is 11.8 Å². The van der Waals surface area contributed by atoms with Gasteiger partial charge in [-0.2, -0.15) is 0 Å². The lowest BCUT2D eigenvalue weighted by Crippen LogP contribution is -2.29. The Hall–Kier alpha value is -2.09. The predicted octanol–water partition coefficient (Wildman–Crippen LogP) is 3.42. The summed E-state index contributed by atoms with van der Waals surface area (Å²) in [7, 11) is -0.468. The van der Waals surface area contributed by atoms with Crippen LogP contribution in [-0.4, -0.2) is 45.0 Å². The molecule has 27 heavy (non-hydrogen) atoms. The molecule has 142 valence electrons. The molecule has 0 unspecified atom stereocenters. The molecule has 7 heteroatoms. The number of carbonyl (C=O) groups excluding carboxylic acids is 1. The summed E-state index contributed by atoms with van der Waals surface area (Å²) in [5.41, 5.74) is 2.31. The molecule has 1 amide bonds. The van der Waals surface area contributed by atoms with Crippen molar-refractivity contribution in [1.29, 1.82) is 0 Å². The molecule has 0 saturated heterocycles. The van der Waals surface area contributed by atoms with Gasteiger partial charge >= 0.3 is 0 Å². The van der Waals surface area contributed by atoms with Crippen molar-refractivity contribution in [2.75, 3.05) is 31.3 Å². The van der Waals surface area contributed by atoms with Crippen LogP contribution in [-0.2, 0) is 16.4 Å². The van der Waals surface area contributed by atoms with Crippen LogP contribution in [0.15, 0.2) is 64.9 Å². The lowest BCUT2D eigenvalue weighted by atomic mass is 10.1. The normalized spacial score (nSPS) is 13.7. The Morgan fingerprint density at radius 1 is 1.26 bits per heavy atom. The number of benzene rings is 2. The Balaban J connectivity index is 1.93. The minimum Gasteiger partial charge on any atom is -0.308 e. The largest absolute Gasteiger partial charge is 0.308 e. The van der Waals surface area contributed by atoms with Crippen molar-refractivity contribution in [2.45, 2.75) is 16.2 Å². The smallest absolute Gasteiger partial charge is 0.259 e. The standard InChI is InChI=1S/C20H22N2O3S2/c1-4-13-26-19-8-6-5-7-17(19)20(23)22-12-11-15-14-16(9-10-18(15)22)27(24,25)21(2)3/h4-10,14H,1,11-13H2,2-3H3. The van der Waals surface area contributed by atoms with E-state index in [1.165, 1.54) is 18.4 Å². The van der Waals surface area contributed by atoms with Crippen molar-refractivity contribution < 1.29 is 13.2 Å². The summed E-state index contributed by atoms with van der Waals surface area (Å²) in [5.74, 6) is 0.663. The molecule has 3 rings (SSSR count). The van der Waals surface area contributed by atoms with E-state index in [1.807, 2.05) is 30.3 Å². The quantitative estimate of drug-likeness (QED) is 0.549. The number of hydrogen-bond donors (Lipinski definition) is 0. The topological polar surface area (TPSA) is 57.7 Å².